The highest BCUT2D eigenvalue weighted by Crippen LogP contribution is 2.23. The van der Waals surface area contributed by atoms with Crippen molar-refractivity contribution in [3.05, 3.63) is 0 Å². The summed E-state index contributed by atoms with van der Waals surface area (Å²) in [6.45, 7) is 1.79. The van der Waals surface area contributed by atoms with E-state index in [1.54, 1.807) is 0 Å². The molecule has 1 rings (SSSR count). The number of rotatable bonds is 2. The number of carbonyl (C=O) groups excluding carboxylic acids is 1. The molecule has 4 heteroatoms. The van der Waals surface area contributed by atoms with Crippen molar-refractivity contribution in [1.82, 2.24) is 4.90 Å². The molecule has 0 atom stereocenters. The maximum Gasteiger partial charge on any atom is 0.122 e. The summed E-state index contributed by atoms with van der Waals surface area (Å²) in [4.78, 5) is 12.4. The van der Waals surface area contributed by atoms with Gasteiger partial charge in [0.2, 0.25) is 0 Å². The third kappa shape index (κ3) is 4.36. The van der Waals surface area contributed by atoms with Crippen molar-refractivity contribution in [2.45, 2.75) is 24.9 Å². The van der Waals surface area contributed by atoms with Crippen molar-refractivity contribution in [3.8, 4) is 0 Å². The third-order valence-corrected chi connectivity index (χ3v) is 2.38. The van der Waals surface area contributed by atoms with Gasteiger partial charge < -0.3 is 20.5 Å². The van der Waals surface area contributed by atoms with E-state index in [0.29, 0.717) is 6.42 Å². The second-order valence-corrected chi connectivity index (χ2v) is 3.40. The van der Waals surface area contributed by atoms with Crippen LogP contribution in [0.3, 0.4) is 0 Å². The minimum atomic E-state index is -0.700. The first-order valence-electron chi connectivity index (χ1n) is 4.59. The van der Waals surface area contributed by atoms with Gasteiger partial charge in [-0.3, -0.25) is 0 Å². The van der Waals surface area contributed by atoms with Crippen molar-refractivity contribution >= 4 is 6.29 Å². The number of aliphatic hydroxyl groups is 1. The number of hydrogen-bond acceptors (Lipinski definition) is 4. The maximum atomic E-state index is 10.2. The lowest BCUT2D eigenvalue weighted by atomic mass is 9.89. The SMILES string of the molecule is CN.CN1CCC(O)(CC=O)CC1. The summed E-state index contributed by atoms with van der Waals surface area (Å²) in [5.74, 6) is 0. The Kier molecular flexibility index (Phi) is 5.86. The molecule has 0 amide bonds. The Morgan fingerprint density at radius 3 is 2.31 bits per heavy atom. The molecule has 0 saturated carbocycles. The average molecular weight is 188 g/mol. The highest BCUT2D eigenvalue weighted by atomic mass is 16.3. The van der Waals surface area contributed by atoms with E-state index >= 15 is 0 Å². The fourth-order valence-electron chi connectivity index (χ4n) is 1.39. The minimum absolute atomic E-state index is 0.292. The van der Waals surface area contributed by atoms with Crippen molar-refractivity contribution in [2.24, 2.45) is 5.73 Å². The van der Waals surface area contributed by atoms with Gasteiger partial charge in [0, 0.05) is 19.5 Å². The Hall–Kier alpha value is -0.450. The second kappa shape index (κ2) is 6.07. The highest BCUT2D eigenvalue weighted by Gasteiger charge is 2.30. The van der Waals surface area contributed by atoms with E-state index in [-0.39, 0.29) is 0 Å². The number of aldehydes is 1. The molecule has 0 unspecified atom stereocenters. The largest absolute Gasteiger partial charge is 0.389 e. The normalized spacial score (nSPS) is 21.5. The molecular formula is C9H20N2O2. The zero-order valence-electron chi connectivity index (χ0n) is 8.49. The van der Waals surface area contributed by atoms with Crippen LogP contribution in [0.15, 0.2) is 0 Å². The molecule has 0 aromatic heterocycles. The molecular weight excluding hydrogens is 168 g/mol. The third-order valence-electron chi connectivity index (χ3n) is 2.38. The molecule has 0 radical (unpaired) electrons. The zero-order valence-corrected chi connectivity index (χ0v) is 8.49. The minimum Gasteiger partial charge on any atom is -0.389 e. The molecule has 0 bridgehead atoms. The fraction of sp³-hybridized carbons (Fsp3) is 0.889. The van der Waals surface area contributed by atoms with Gasteiger partial charge >= 0.3 is 0 Å². The van der Waals surface area contributed by atoms with Crippen molar-refractivity contribution < 1.29 is 9.90 Å². The lowest BCUT2D eigenvalue weighted by molar-refractivity contribution is -0.114. The molecule has 1 fully saturated rings. The summed E-state index contributed by atoms with van der Waals surface area (Å²) in [5, 5.41) is 9.73. The van der Waals surface area contributed by atoms with Crippen LogP contribution in [-0.2, 0) is 4.79 Å². The smallest absolute Gasteiger partial charge is 0.122 e. The van der Waals surface area contributed by atoms with Gasteiger partial charge in [0.1, 0.15) is 6.29 Å². The first-order chi connectivity index (χ1) is 6.16. The van der Waals surface area contributed by atoms with Crippen molar-refractivity contribution in [3.63, 3.8) is 0 Å². The fourth-order valence-corrected chi connectivity index (χ4v) is 1.39. The number of hydrogen-bond donors (Lipinski definition) is 2. The van der Waals surface area contributed by atoms with Gasteiger partial charge in [-0.15, -0.1) is 0 Å². The molecule has 3 N–H and O–H groups in total. The van der Waals surface area contributed by atoms with Gasteiger partial charge in [-0.05, 0) is 26.9 Å². The lowest BCUT2D eigenvalue weighted by Crippen LogP contribution is -2.42. The van der Waals surface area contributed by atoms with E-state index < -0.39 is 5.60 Å². The Morgan fingerprint density at radius 2 is 1.92 bits per heavy atom. The second-order valence-electron chi connectivity index (χ2n) is 3.40. The molecule has 1 heterocycles. The van der Waals surface area contributed by atoms with Crippen LogP contribution >= 0.6 is 0 Å². The average Bonchev–Trinajstić information content (AvgIpc) is 2.15. The Morgan fingerprint density at radius 1 is 1.46 bits per heavy atom. The predicted octanol–water partition coefficient (Wildman–Crippen LogP) is -0.393. The first kappa shape index (κ1) is 12.6. The van der Waals surface area contributed by atoms with Gasteiger partial charge in [0.15, 0.2) is 0 Å². The van der Waals surface area contributed by atoms with E-state index in [2.05, 4.69) is 10.6 Å². The number of nitrogens with two attached hydrogens (primary N) is 1. The summed E-state index contributed by atoms with van der Waals surface area (Å²) in [7, 11) is 3.53. The monoisotopic (exact) mass is 188 g/mol. The molecule has 1 aliphatic heterocycles. The number of nitrogens with zero attached hydrogens (tertiary/aromatic N) is 1. The van der Waals surface area contributed by atoms with E-state index in [1.807, 2.05) is 7.05 Å². The van der Waals surface area contributed by atoms with Gasteiger partial charge in [-0.1, -0.05) is 0 Å². The number of carbonyl (C=O) groups is 1. The van der Waals surface area contributed by atoms with Gasteiger partial charge in [-0.2, -0.15) is 0 Å². The Labute approximate surface area is 79.7 Å². The predicted molar refractivity (Wildman–Crippen MR) is 52.5 cm³/mol. The Bertz CT molecular complexity index is 143. The van der Waals surface area contributed by atoms with Crippen LogP contribution in [-0.4, -0.2) is 49.1 Å². The molecule has 4 nitrogen and oxygen atoms in total. The molecule has 0 aromatic rings. The lowest BCUT2D eigenvalue weighted by Gasteiger charge is -2.35. The topological polar surface area (TPSA) is 66.6 Å². The van der Waals surface area contributed by atoms with E-state index in [0.717, 1.165) is 32.2 Å². The van der Waals surface area contributed by atoms with Gasteiger partial charge in [0.05, 0.1) is 5.60 Å². The van der Waals surface area contributed by atoms with Crippen LogP contribution in [0.25, 0.3) is 0 Å². The summed E-state index contributed by atoms with van der Waals surface area (Å²) in [5.41, 5.74) is 3.80. The van der Waals surface area contributed by atoms with Gasteiger partial charge in [0.25, 0.3) is 0 Å². The standard InChI is InChI=1S/C8H15NO2.CH5N/c1-9-5-2-8(11,3-6-9)4-7-10;1-2/h7,11H,2-6H2,1H3;2H2,1H3. The first-order valence-corrected chi connectivity index (χ1v) is 4.59. The molecule has 13 heavy (non-hydrogen) atoms. The van der Waals surface area contributed by atoms with Crippen LogP contribution in [0.4, 0.5) is 0 Å². The van der Waals surface area contributed by atoms with E-state index in [1.165, 1.54) is 7.05 Å². The molecule has 0 spiro atoms. The molecule has 78 valence electrons. The van der Waals surface area contributed by atoms with E-state index in [4.69, 9.17) is 0 Å². The van der Waals surface area contributed by atoms with Crippen LogP contribution < -0.4 is 5.73 Å². The van der Waals surface area contributed by atoms with Crippen LogP contribution in [0.5, 0.6) is 0 Å². The van der Waals surface area contributed by atoms with Crippen LogP contribution in [0.1, 0.15) is 19.3 Å². The zero-order chi connectivity index (χ0) is 10.3. The number of piperidine rings is 1. The molecule has 1 aliphatic rings. The molecule has 1 saturated heterocycles. The molecule has 0 aliphatic carbocycles. The van der Waals surface area contributed by atoms with Gasteiger partial charge in [-0.25, -0.2) is 0 Å². The van der Waals surface area contributed by atoms with E-state index in [9.17, 15) is 9.90 Å². The summed E-state index contributed by atoms with van der Waals surface area (Å²) in [6, 6.07) is 0. The van der Waals surface area contributed by atoms with Crippen molar-refractivity contribution in [1.29, 1.82) is 0 Å². The summed E-state index contributed by atoms with van der Waals surface area (Å²) in [6.07, 6.45) is 2.55. The van der Waals surface area contributed by atoms with Crippen LogP contribution in [0.2, 0.25) is 0 Å². The number of likely N-dealkylation sites (tertiary alicyclic amines) is 1. The Balaban J connectivity index is 0.000000671. The quantitative estimate of drug-likeness (QED) is 0.579. The maximum absolute atomic E-state index is 10.2. The van der Waals surface area contributed by atoms with Crippen molar-refractivity contribution in [2.75, 3.05) is 27.2 Å². The molecule has 0 aromatic carbocycles. The van der Waals surface area contributed by atoms with Crippen LogP contribution in [0, 0.1) is 0 Å². The highest BCUT2D eigenvalue weighted by molar-refractivity contribution is 5.51. The summed E-state index contributed by atoms with van der Waals surface area (Å²) >= 11 is 0. The summed E-state index contributed by atoms with van der Waals surface area (Å²) < 4.78 is 0.